The zero-order chi connectivity index (χ0) is 32.2. The van der Waals surface area contributed by atoms with E-state index in [1.54, 1.807) is 16.7 Å². The Morgan fingerprint density at radius 3 is 1.98 bits per heavy atom. The number of fused-ring (bicyclic) bond motifs is 12. The van der Waals surface area contributed by atoms with Gasteiger partial charge in [0.25, 0.3) is 0 Å². The van der Waals surface area contributed by atoms with Crippen molar-refractivity contribution in [3.8, 4) is 5.69 Å². The molecule has 2 heterocycles. The van der Waals surface area contributed by atoms with Crippen LogP contribution < -0.4 is 5.46 Å². The normalized spacial score (nSPS) is 25.9. The van der Waals surface area contributed by atoms with E-state index in [9.17, 15) is 0 Å². The Bertz CT molecular complexity index is 2380. The van der Waals surface area contributed by atoms with Crippen LogP contribution in [0.4, 0.5) is 0 Å². The Morgan fingerprint density at radius 1 is 0.592 bits per heavy atom. The fourth-order valence-corrected chi connectivity index (χ4v) is 9.60. The van der Waals surface area contributed by atoms with E-state index in [1.807, 2.05) is 36.4 Å². The predicted octanol–water partition coefficient (Wildman–Crippen LogP) is 10.5. The number of benzene rings is 4. The topological polar surface area (TPSA) is 9.86 Å². The third kappa shape index (κ3) is 4.27. The Labute approximate surface area is 288 Å². The highest BCUT2D eigenvalue weighted by atomic mass is 15.1. The van der Waals surface area contributed by atoms with Gasteiger partial charge in [0.2, 0.25) is 6.71 Å². The monoisotopic (exact) mass is 630 g/mol. The van der Waals surface area contributed by atoms with Crippen LogP contribution >= 0.6 is 0 Å². The lowest BCUT2D eigenvalue weighted by Crippen LogP contribution is -2.31. The van der Waals surface area contributed by atoms with Gasteiger partial charge in [-0.05, 0) is 78.7 Å². The second-order valence-corrected chi connectivity index (χ2v) is 15.2. The lowest BCUT2D eigenvalue weighted by molar-refractivity contribution is 0.887. The molecule has 6 aliphatic rings. The number of aromatic nitrogens is 2. The van der Waals surface area contributed by atoms with Crippen molar-refractivity contribution in [3.05, 3.63) is 161 Å². The zero-order valence-electron chi connectivity index (χ0n) is 27.9. The second-order valence-electron chi connectivity index (χ2n) is 15.2. The van der Waals surface area contributed by atoms with Gasteiger partial charge in [0, 0.05) is 39.3 Å². The number of allylic oxidation sites excluding steroid dienone is 6. The minimum Gasteiger partial charge on any atom is -0.311 e. The molecule has 2 nitrogen and oxygen atoms in total. The third-order valence-corrected chi connectivity index (χ3v) is 12.3. The van der Waals surface area contributed by atoms with Gasteiger partial charge < -0.3 is 9.13 Å². The van der Waals surface area contributed by atoms with E-state index in [1.165, 1.54) is 69.2 Å². The van der Waals surface area contributed by atoms with Gasteiger partial charge in [0.05, 0.1) is 16.7 Å². The van der Waals surface area contributed by atoms with Crippen LogP contribution in [0.5, 0.6) is 0 Å². The summed E-state index contributed by atoms with van der Waals surface area (Å²) in [6.45, 7) is 2.86. The lowest BCUT2D eigenvalue weighted by atomic mass is 9.40. The van der Waals surface area contributed by atoms with Crippen LogP contribution in [0.25, 0.3) is 45.3 Å². The van der Waals surface area contributed by atoms with Gasteiger partial charge in [0.15, 0.2) is 0 Å². The first-order valence-corrected chi connectivity index (χ1v) is 18.4. The van der Waals surface area contributed by atoms with Crippen molar-refractivity contribution >= 4 is 51.8 Å². The summed E-state index contributed by atoms with van der Waals surface area (Å²) in [6.07, 6.45) is 18.9. The number of hydrogen-bond acceptors (Lipinski definition) is 0. The molecule has 236 valence electrons. The summed E-state index contributed by atoms with van der Waals surface area (Å²) in [5.41, 5.74) is 14.5. The number of para-hydroxylation sites is 1. The largest absolute Gasteiger partial charge is 0.311 e. The van der Waals surface area contributed by atoms with E-state index in [-0.39, 0.29) is 0 Å². The van der Waals surface area contributed by atoms with Gasteiger partial charge in [0.1, 0.15) is 0 Å². The summed E-state index contributed by atoms with van der Waals surface area (Å²) in [5.74, 6) is 4.06. The molecule has 0 N–H and O–H groups in total. The predicted molar refractivity (Wildman–Crippen MR) is 207 cm³/mol. The average molecular weight is 631 g/mol. The van der Waals surface area contributed by atoms with Crippen molar-refractivity contribution in [2.75, 3.05) is 0 Å². The van der Waals surface area contributed by atoms with Crippen LogP contribution in [0.2, 0.25) is 6.82 Å². The van der Waals surface area contributed by atoms with E-state index in [4.69, 9.17) is 0 Å². The molecule has 2 aromatic heterocycles. The first kappa shape index (κ1) is 27.9. The Kier molecular flexibility index (Phi) is 5.97. The van der Waals surface area contributed by atoms with Crippen LogP contribution in [0.3, 0.4) is 0 Å². The maximum atomic E-state index is 2.76. The first-order valence-electron chi connectivity index (χ1n) is 18.4. The molecule has 6 atom stereocenters. The van der Waals surface area contributed by atoms with Gasteiger partial charge >= 0.3 is 0 Å². The van der Waals surface area contributed by atoms with Gasteiger partial charge in [-0.2, -0.15) is 0 Å². The SMILES string of the molecule is CB(C1=CC(n2c3c(c4ccc5c6c(n(-c7ccccc7)c5c42)C=CC2CC62)C=CC2CC32)=CC2CC12)c1ccccc1.c1ccccc1. The molecule has 0 aliphatic heterocycles. The van der Waals surface area contributed by atoms with Gasteiger partial charge in [-0.25, -0.2) is 0 Å². The third-order valence-electron chi connectivity index (χ3n) is 12.3. The van der Waals surface area contributed by atoms with Crippen molar-refractivity contribution in [3.63, 3.8) is 0 Å². The molecule has 6 aliphatic carbocycles. The number of nitrogens with zero attached hydrogens (tertiary/aromatic N) is 2. The fraction of sp³-hybridized carbons (Fsp3) is 0.217. The minimum absolute atomic E-state index is 0.434. The molecular weight excluding hydrogens is 591 g/mol. The van der Waals surface area contributed by atoms with Crippen LogP contribution in [-0.2, 0) is 0 Å². The van der Waals surface area contributed by atoms with Crippen molar-refractivity contribution in [2.45, 2.75) is 37.9 Å². The zero-order valence-corrected chi connectivity index (χ0v) is 27.9. The fourth-order valence-electron chi connectivity index (χ4n) is 9.60. The van der Waals surface area contributed by atoms with E-state index >= 15 is 0 Å². The van der Waals surface area contributed by atoms with E-state index in [0.717, 1.165) is 0 Å². The highest BCUT2D eigenvalue weighted by Crippen LogP contribution is 2.60. The van der Waals surface area contributed by atoms with Crippen LogP contribution in [0.15, 0.2) is 139 Å². The molecule has 0 saturated heterocycles. The Balaban J connectivity index is 0.000000441. The van der Waals surface area contributed by atoms with Crippen molar-refractivity contribution in [1.82, 2.24) is 9.13 Å². The smallest absolute Gasteiger partial charge is 0.201 e. The molecule has 0 spiro atoms. The van der Waals surface area contributed by atoms with E-state index in [0.29, 0.717) is 42.2 Å². The number of hydrogen-bond donors (Lipinski definition) is 0. The van der Waals surface area contributed by atoms with Crippen molar-refractivity contribution in [2.24, 2.45) is 23.7 Å². The number of rotatable bonds is 4. The molecule has 3 heteroatoms. The highest BCUT2D eigenvalue weighted by Gasteiger charge is 2.47. The molecule has 3 saturated carbocycles. The maximum Gasteiger partial charge on any atom is 0.201 e. The van der Waals surface area contributed by atoms with Crippen LogP contribution in [0, 0.1) is 23.7 Å². The molecule has 6 aromatic rings. The van der Waals surface area contributed by atoms with Gasteiger partial charge in [-0.3, -0.25) is 0 Å². The lowest BCUT2D eigenvalue weighted by Gasteiger charge is -2.22. The summed E-state index contributed by atoms with van der Waals surface area (Å²) in [7, 11) is 0. The molecule has 6 unspecified atom stereocenters. The average Bonchev–Trinajstić information content (AvgIpc) is 4.10. The van der Waals surface area contributed by atoms with Crippen LogP contribution in [0.1, 0.15) is 53.6 Å². The maximum absolute atomic E-state index is 2.76. The highest BCUT2D eigenvalue weighted by molar-refractivity contribution is 6.79. The molecule has 12 rings (SSSR count). The summed E-state index contributed by atoms with van der Waals surface area (Å²) in [4.78, 5) is 0. The quantitative estimate of drug-likeness (QED) is 0.172. The first-order chi connectivity index (χ1) is 24.2. The second kappa shape index (κ2) is 10.5. The standard InChI is InChI=1S/C40H33BN2.C6H6/c1-41(26-8-4-2-5-9-26)35-22-28(18-25-21-32(25)35)43-38-29(14-12-24-20-34(24)38)30-15-16-31-37-33-19-23(33)13-17-36(37)42(40(31)39(30)43)27-10-6-3-7-11-27;1-2-4-6-5-3-1/h2-18,22-25,32-34H,19-21H2,1H3;1-6H. The molecule has 0 radical (unpaired) electrons. The van der Waals surface area contributed by atoms with Crippen molar-refractivity contribution in [1.29, 1.82) is 0 Å². The Morgan fingerprint density at radius 2 is 1.20 bits per heavy atom. The van der Waals surface area contributed by atoms with Crippen molar-refractivity contribution < 1.29 is 0 Å². The molecule has 3 fully saturated rings. The van der Waals surface area contributed by atoms with Gasteiger partial charge in [-0.15, -0.1) is 0 Å². The summed E-state index contributed by atoms with van der Waals surface area (Å²) in [5, 5.41) is 2.87. The minimum atomic E-state index is 0.434. The van der Waals surface area contributed by atoms with Gasteiger partial charge in [-0.1, -0.05) is 139 Å². The molecule has 49 heavy (non-hydrogen) atoms. The molecule has 0 amide bonds. The molecule has 4 aromatic carbocycles. The summed E-state index contributed by atoms with van der Waals surface area (Å²) >= 11 is 0. The summed E-state index contributed by atoms with van der Waals surface area (Å²) in [6, 6.07) is 39.2. The Hall–Kier alpha value is -5.02. The van der Waals surface area contributed by atoms with E-state index in [2.05, 4.69) is 125 Å². The molecule has 0 bridgehead atoms. The summed E-state index contributed by atoms with van der Waals surface area (Å²) < 4.78 is 5.36. The van der Waals surface area contributed by atoms with Crippen LogP contribution in [-0.4, -0.2) is 15.8 Å². The molecular formula is C46H39BN2. The van der Waals surface area contributed by atoms with E-state index < -0.39 is 0 Å².